The van der Waals surface area contributed by atoms with Crippen LogP contribution in [-0.4, -0.2) is 15.0 Å². The molecule has 0 radical (unpaired) electrons. The van der Waals surface area contributed by atoms with Gasteiger partial charge in [-0.3, -0.25) is 0 Å². The van der Waals surface area contributed by atoms with Crippen LogP contribution in [0.5, 0.6) is 0 Å². The molecule has 0 amide bonds. The molecule has 16 heavy (non-hydrogen) atoms. The topological polar surface area (TPSA) is 46.2 Å². The van der Waals surface area contributed by atoms with Crippen LogP contribution in [0.3, 0.4) is 0 Å². The van der Waals surface area contributed by atoms with Crippen molar-refractivity contribution in [3.8, 4) is 0 Å². The molecule has 1 aromatic rings. The van der Waals surface area contributed by atoms with Gasteiger partial charge in [-0.1, -0.05) is 19.9 Å². The molecule has 3 nitrogen and oxygen atoms in total. The molecular formula is C11H16FNO2S. The van der Waals surface area contributed by atoms with Crippen molar-refractivity contribution in [1.29, 1.82) is 0 Å². The summed E-state index contributed by atoms with van der Waals surface area (Å²) in [4.78, 5) is -0.0312. The second-order valence-electron chi connectivity index (χ2n) is 4.04. The van der Waals surface area contributed by atoms with E-state index in [1.165, 1.54) is 18.2 Å². The summed E-state index contributed by atoms with van der Waals surface area (Å²) in [6, 6.07) is 4.98. The highest BCUT2D eigenvalue weighted by atomic mass is 32.2. The fourth-order valence-corrected chi connectivity index (χ4v) is 2.28. The molecule has 1 N–H and O–H groups in total. The summed E-state index contributed by atoms with van der Waals surface area (Å²) < 4.78 is 38.7. The first kappa shape index (κ1) is 13.1. The number of rotatable bonds is 5. The predicted molar refractivity (Wildman–Crippen MR) is 61.0 cm³/mol. The summed E-state index contributed by atoms with van der Waals surface area (Å²) in [6.07, 6.45) is 0.758. The maximum Gasteiger partial charge on any atom is 0.240 e. The number of benzene rings is 1. The van der Waals surface area contributed by atoms with Crippen molar-refractivity contribution in [2.45, 2.75) is 25.2 Å². The SMILES string of the molecule is CC(C)CCNS(=O)(=O)c1cccc(F)c1. The lowest BCUT2D eigenvalue weighted by molar-refractivity contribution is 0.550. The molecular weight excluding hydrogens is 229 g/mol. The zero-order valence-electron chi connectivity index (χ0n) is 9.40. The third-order valence-electron chi connectivity index (χ3n) is 2.12. The molecule has 0 unspecified atom stereocenters. The summed E-state index contributed by atoms with van der Waals surface area (Å²) in [5, 5.41) is 0. The number of hydrogen-bond donors (Lipinski definition) is 1. The van der Waals surface area contributed by atoms with Crippen molar-refractivity contribution in [3.05, 3.63) is 30.1 Å². The Kier molecular flexibility index (Phi) is 4.44. The van der Waals surface area contributed by atoms with Gasteiger partial charge in [0.1, 0.15) is 5.82 Å². The molecule has 1 aromatic carbocycles. The van der Waals surface area contributed by atoms with Crippen LogP contribution in [0.4, 0.5) is 4.39 Å². The van der Waals surface area contributed by atoms with Gasteiger partial charge < -0.3 is 0 Å². The van der Waals surface area contributed by atoms with E-state index in [1.807, 2.05) is 13.8 Å². The molecule has 0 bridgehead atoms. The summed E-state index contributed by atoms with van der Waals surface area (Å²) in [7, 11) is -3.57. The first-order chi connectivity index (χ1) is 7.42. The first-order valence-electron chi connectivity index (χ1n) is 5.17. The largest absolute Gasteiger partial charge is 0.240 e. The minimum Gasteiger partial charge on any atom is -0.211 e. The van der Waals surface area contributed by atoms with Gasteiger partial charge in [-0.15, -0.1) is 0 Å². The van der Waals surface area contributed by atoms with Gasteiger partial charge in [-0.05, 0) is 30.5 Å². The van der Waals surface area contributed by atoms with Gasteiger partial charge in [-0.25, -0.2) is 17.5 Å². The molecule has 0 heterocycles. The fraction of sp³-hybridized carbons (Fsp3) is 0.455. The molecule has 0 saturated carbocycles. The van der Waals surface area contributed by atoms with Crippen LogP contribution < -0.4 is 4.72 Å². The Labute approximate surface area is 95.7 Å². The monoisotopic (exact) mass is 245 g/mol. The molecule has 0 aliphatic heterocycles. The minimum absolute atomic E-state index is 0.0312. The van der Waals surface area contributed by atoms with Crippen LogP contribution in [0, 0.1) is 11.7 Å². The standard InChI is InChI=1S/C11H16FNO2S/c1-9(2)6-7-13-16(14,15)11-5-3-4-10(12)8-11/h3-5,8-9,13H,6-7H2,1-2H3. The van der Waals surface area contributed by atoms with Gasteiger partial charge in [0.15, 0.2) is 0 Å². The van der Waals surface area contributed by atoms with E-state index in [0.29, 0.717) is 12.5 Å². The van der Waals surface area contributed by atoms with Crippen molar-refractivity contribution in [1.82, 2.24) is 4.72 Å². The normalized spacial score (nSPS) is 12.0. The fourth-order valence-electron chi connectivity index (χ4n) is 1.20. The Bertz CT molecular complexity index is 443. The van der Waals surface area contributed by atoms with Crippen LogP contribution in [-0.2, 0) is 10.0 Å². The van der Waals surface area contributed by atoms with Gasteiger partial charge >= 0.3 is 0 Å². The lowest BCUT2D eigenvalue weighted by Crippen LogP contribution is -2.25. The lowest BCUT2D eigenvalue weighted by atomic mass is 10.1. The van der Waals surface area contributed by atoms with E-state index in [-0.39, 0.29) is 4.90 Å². The molecule has 0 fully saturated rings. The van der Waals surface area contributed by atoms with Crippen LogP contribution in [0.2, 0.25) is 0 Å². The van der Waals surface area contributed by atoms with Crippen molar-refractivity contribution < 1.29 is 12.8 Å². The van der Waals surface area contributed by atoms with E-state index in [1.54, 1.807) is 0 Å². The molecule has 0 aliphatic carbocycles. The average molecular weight is 245 g/mol. The predicted octanol–water partition coefficient (Wildman–Crippen LogP) is 2.15. The Balaban J connectivity index is 2.71. The first-order valence-corrected chi connectivity index (χ1v) is 6.65. The lowest BCUT2D eigenvalue weighted by Gasteiger charge is -2.08. The van der Waals surface area contributed by atoms with Gasteiger partial charge in [-0.2, -0.15) is 0 Å². The number of halogens is 1. The minimum atomic E-state index is -3.57. The Morgan fingerprint density at radius 1 is 1.38 bits per heavy atom. The summed E-state index contributed by atoms with van der Waals surface area (Å²) in [5.41, 5.74) is 0. The van der Waals surface area contributed by atoms with E-state index >= 15 is 0 Å². The Morgan fingerprint density at radius 3 is 2.62 bits per heavy atom. The van der Waals surface area contributed by atoms with Crippen molar-refractivity contribution in [2.24, 2.45) is 5.92 Å². The van der Waals surface area contributed by atoms with Crippen LogP contribution in [0.1, 0.15) is 20.3 Å². The molecule has 0 aromatic heterocycles. The van der Waals surface area contributed by atoms with Gasteiger partial charge in [0, 0.05) is 6.54 Å². The summed E-state index contributed by atoms with van der Waals surface area (Å²) >= 11 is 0. The van der Waals surface area contributed by atoms with Gasteiger partial charge in [0.25, 0.3) is 0 Å². The zero-order valence-corrected chi connectivity index (χ0v) is 10.2. The summed E-state index contributed by atoms with van der Waals surface area (Å²) in [6.45, 7) is 4.39. The molecule has 0 atom stereocenters. The molecule has 0 saturated heterocycles. The highest BCUT2D eigenvalue weighted by molar-refractivity contribution is 7.89. The Hall–Kier alpha value is -0.940. The van der Waals surface area contributed by atoms with Crippen molar-refractivity contribution in [2.75, 3.05) is 6.54 Å². The Morgan fingerprint density at radius 2 is 2.06 bits per heavy atom. The zero-order chi connectivity index (χ0) is 12.2. The van der Waals surface area contributed by atoms with Crippen LogP contribution in [0.15, 0.2) is 29.2 Å². The molecule has 0 aliphatic rings. The van der Waals surface area contributed by atoms with E-state index in [2.05, 4.69) is 4.72 Å². The van der Waals surface area contributed by atoms with E-state index in [0.717, 1.165) is 12.5 Å². The van der Waals surface area contributed by atoms with Crippen molar-refractivity contribution in [3.63, 3.8) is 0 Å². The number of nitrogens with one attached hydrogen (secondary N) is 1. The van der Waals surface area contributed by atoms with E-state index in [4.69, 9.17) is 0 Å². The highest BCUT2D eigenvalue weighted by Gasteiger charge is 2.13. The number of sulfonamides is 1. The highest BCUT2D eigenvalue weighted by Crippen LogP contribution is 2.10. The smallest absolute Gasteiger partial charge is 0.211 e. The number of hydrogen-bond acceptors (Lipinski definition) is 2. The van der Waals surface area contributed by atoms with Crippen molar-refractivity contribution >= 4 is 10.0 Å². The quantitative estimate of drug-likeness (QED) is 0.864. The average Bonchev–Trinajstić information content (AvgIpc) is 2.16. The molecule has 90 valence electrons. The second kappa shape index (κ2) is 5.41. The maximum absolute atomic E-state index is 12.9. The van der Waals surface area contributed by atoms with E-state index in [9.17, 15) is 12.8 Å². The molecule has 1 rings (SSSR count). The third-order valence-corrected chi connectivity index (χ3v) is 3.58. The molecule has 5 heteroatoms. The van der Waals surface area contributed by atoms with Crippen LogP contribution in [0.25, 0.3) is 0 Å². The molecule has 0 spiro atoms. The second-order valence-corrected chi connectivity index (χ2v) is 5.80. The van der Waals surface area contributed by atoms with E-state index < -0.39 is 15.8 Å². The van der Waals surface area contributed by atoms with Gasteiger partial charge in [0.05, 0.1) is 4.90 Å². The maximum atomic E-state index is 12.9. The van der Waals surface area contributed by atoms with Gasteiger partial charge in [0.2, 0.25) is 10.0 Å². The third kappa shape index (κ3) is 3.90. The van der Waals surface area contributed by atoms with Crippen LogP contribution >= 0.6 is 0 Å². The summed E-state index contributed by atoms with van der Waals surface area (Å²) in [5.74, 6) is -0.123.